The SMILES string of the molecule is CCCC1C2OC(C(OC(=O)NC)C(C)C)CCC2CC2(C)CCC34CC5(CCCC(OC(=O)NC6CNC6)C(C)(C)C5CCC3C12)C4. The van der Waals surface area contributed by atoms with E-state index < -0.39 is 0 Å². The molecule has 2 amide bonds. The topological polar surface area (TPSA) is 97.9 Å². The van der Waals surface area contributed by atoms with E-state index in [0.717, 1.165) is 38.3 Å². The predicted octanol–water partition coefficient (Wildman–Crippen LogP) is 7.84. The van der Waals surface area contributed by atoms with Crippen LogP contribution in [0.15, 0.2) is 0 Å². The number of fused-ring (bicyclic) bond motifs is 3. The van der Waals surface area contributed by atoms with Crippen molar-refractivity contribution in [1.29, 1.82) is 0 Å². The van der Waals surface area contributed by atoms with E-state index in [1.54, 1.807) is 7.05 Å². The minimum Gasteiger partial charge on any atom is -0.446 e. The van der Waals surface area contributed by atoms with E-state index in [1.807, 2.05) is 0 Å². The third-order valence-corrected chi connectivity index (χ3v) is 15.7. The van der Waals surface area contributed by atoms with Gasteiger partial charge in [0, 0.05) is 25.6 Å². The molecular formula is C40H67N3O5. The first-order valence-corrected chi connectivity index (χ1v) is 20.1. The molecule has 8 rings (SSSR count). The van der Waals surface area contributed by atoms with Crippen molar-refractivity contribution in [2.45, 2.75) is 162 Å². The summed E-state index contributed by atoms with van der Waals surface area (Å²) in [5.41, 5.74) is 1.18. The van der Waals surface area contributed by atoms with E-state index in [2.05, 4.69) is 57.5 Å². The van der Waals surface area contributed by atoms with Crippen LogP contribution in [0.5, 0.6) is 0 Å². The first-order chi connectivity index (χ1) is 22.8. The third-order valence-electron chi connectivity index (χ3n) is 15.7. The van der Waals surface area contributed by atoms with Gasteiger partial charge in [0.05, 0.1) is 18.2 Å². The minimum atomic E-state index is -0.350. The largest absolute Gasteiger partial charge is 0.446 e. The highest BCUT2D eigenvalue weighted by atomic mass is 16.6. The summed E-state index contributed by atoms with van der Waals surface area (Å²) in [6, 6.07) is 0.203. The smallest absolute Gasteiger partial charge is 0.407 e. The van der Waals surface area contributed by atoms with Gasteiger partial charge in [-0.15, -0.1) is 0 Å². The Kier molecular flexibility index (Phi) is 9.38. The molecule has 6 aliphatic carbocycles. The van der Waals surface area contributed by atoms with Gasteiger partial charge in [0.25, 0.3) is 0 Å². The number of amides is 2. The van der Waals surface area contributed by atoms with Crippen molar-refractivity contribution in [1.82, 2.24) is 16.0 Å². The van der Waals surface area contributed by atoms with Crippen LogP contribution in [0.2, 0.25) is 0 Å². The lowest BCUT2D eigenvalue weighted by atomic mass is 9.36. The molecule has 2 saturated heterocycles. The summed E-state index contributed by atoms with van der Waals surface area (Å²) >= 11 is 0. The summed E-state index contributed by atoms with van der Waals surface area (Å²) in [4.78, 5) is 25.4. The van der Waals surface area contributed by atoms with Crippen LogP contribution in [0.1, 0.15) is 131 Å². The maximum Gasteiger partial charge on any atom is 0.407 e. The molecule has 10 unspecified atom stereocenters. The van der Waals surface area contributed by atoms with Crippen molar-refractivity contribution in [3.05, 3.63) is 0 Å². The maximum atomic E-state index is 13.0. The Balaban J connectivity index is 1.14. The molecule has 8 fully saturated rings. The first kappa shape index (κ1) is 34.9. The van der Waals surface area contributed by atoms with Gasteiger partial charge in [0.1, 0.15) is 12.2 Å². The Hall–Kier alpha value is -1.54. The Morgan fingerprint density at radius 2 is 1.73 bits per heavy atom. The Morgan fingerprint density at radius 3 is 2.40 bits per heavy atom. The molecular weight excluding hydrogens is 602 g/mol. The normalized spacial score (nSPS) is 45.2. The van der Waals surface area contributed by atoms with Gasteiger partial charge in [0.2, 0.25) is 0 Å². The van der Waals surface area contributed by atoms with E-state index in [4.69, 9.17) is 14.2 Å². The summed E-state index contributed by atoms with van der Waals surface area (Å²) in [6.07, 6.45) is 16.8. The van der Waals surface area contributed by atoms with Crippen LogP contribution < -0.4 is 16.0 Å². The van der Waals surface area contributed by atoms with Crippen LogP contribution >= 0.6 is 0 Å². The number of hydrogen-bond donors (Lipinski definition) is 3. The molecule has 0 aromatic rings. The molecule has 2 heterocycles. The van der Waals surface area contributed by atoms with Crippen molar-refractivity contribution in [2.24, 2.45) is 57.2 Å². The highest BCUT2D eigenvalue weighted by molar-refractivity contribution is 5.68. The van der Waals surface area contributed by atoms with E-state index in [-0.39, 0.29) is 54.0 Å². The molecule has 2 spiro atoms. The van der Waals surface area contributed by atoms with Gasteiger partial charge in [0.15, 0.2) is 0 Å². The zero-order valence-electron chi connectivity index (χ0n) is 31.2. The second-order valence-electron chi connectivity index (χ2n) is 19.1. The number of hydrogen-bond acceptors (Lipinski definition) is 6. The molecule has 6 saturated carbocycles. The van der Waals surface area contributed by atoms with Crippen LogP contribution in [0.3, 0.4) is 0 Å². The zero-order valence-corrected chi connectivity index (χ0v) is 31.2. The molecule has 8 nitrogen and oxygen atoms in total. The quantitative estimate of drug-likeness (QED) is 0.256. The van der Waals surface area contributed by atoms with Gasteiger partial charge < -0.3 is 30.2 Å². The fraction of sp³-hybridized carbons (Fsp3) is 0.950. The lowest BCUT2D eigenvalue weighted by molar-refractivity contribution is -0.244. The van der Waals surface area contributed by atoms with Crippen LogP contribution in [-0.2, 0) is 14.2 Å². The molecule has 48 heavy (non-hydrogen) atoms. The van der Waals surface area contributed by atoms with E-state index in [1.165, 1.54) is 70.6 Å². The lowest BCUT2D eigenvalue weighted by Crippen LogP contribution is -2.64. The summed E-state index contributed by atoms with van der Waals surface area (Å²) in [5, 5.41) is 9.02. The standard InChI is InChI=1S/C40H67N3O5/c1-8-10-27-32-28-13-15-30-37(4,5)31(47-36(45)43-26-20-42-21-26)11-9-16-40(30)22-39(28,23-40)18-17-38(32,6)19-25-12-14-29(46-34(25)27)33(24(2)3)48-35(44)41-7/h24-34,42H,8-23H2,1-7H3,(H,41,44)(H,43,45). The predicted molar refractivity (Wildman–Crippen MR) is 187 cm³/mol. The molecule has 8 heteroatoms. The Labute approximate surface area is 290 Å². The maximum absolute atomic E-state index is 13.0. The Morgan fingerprint density at radius 1 is 0.958 bits per heavy atom. The van der Waals surface area contributed by atoms with Crippen molar-refractivity contribution in [3.63, 3.8) is 0 Å². The van der Waals surface area contributed by atoms with Gasteiger partial charge in [-0.25, -0.2) is 9.59 Å². The van der Waals surface area contributed by atoms with Crippen molar-refractivity contribution in [2.75, 3.05) is 20.1 Å². The average Bonchev–Trinajstić information content (AvgIpc) is 3.29. The number of ether oxygens (including phenoxy) is 3. The van der Waals surface area contributed by atoms with Crippen molar-refractivity contribution >= 4 is 12.2 Å². The highest BCUT2D eigenvalue weighted by Gasteiger charge is 2.71. The van der Waals surface area contributed by atoms with Gasteiger partial charge in [-0.3, -0.25) is 0 Å². The number of rotatable bonds is 7. The van der Waals surface area contributed by atoms with Crippen LogP contribution in [0.4, 0.5) is 9.59 Å². The molecule has 8 aliphatic rings. The highest BCUT2D eigenvalue weighted by Crippen LogP contribution is 2.78. The fourth-order valence-corrected chi connectivity index (χ4v) is 13.8. The number of carbonyl (C=O) groups excluding carboxylic acids is 2. The van der Waals surface area contributed by atoms with Crippen molar-refractivity contribution < 1.29 is 23.8 Å². The second-order valence-corrected chi connectivity index (χ2v) is 19.1. The van der Waals surface area contributed by atoms with Crippen molar-refractivity contribution in [3.8, 4) is 0 Å². The van der Waals surface area contributed by atoms with E-state index >= 15 is 0 Å². The van der Waals surface area contributed by atoms with Crippen LogP contribution in [-0.4, -0.2) is 62.8 Å². The second kappa shape index (κ2) is 12.9. The summed E-state index contributed by atoms with van der Waals surface area (Å²) in [7, 11) is 1.64. The number of alkyl carbamates (subject to hydrolysis) is 2. The van der Waals surface area contributed by atoms with E-state index in [9.17, 15) is 9.59 Å². The Bertz CT molecular complexity index is 1200. The van der Waals surface area contributed by atoms with Crippen LogP contribution in [0, 0.1) is 57.2 Å². The van der Waals surface area contributed by atoms with Gasteiger partial charge in [-0.1, -0.05) is 48.0 Å². The third kappa shape index (κ3) is 5.79. The first-order valence-electron chi connectivity index (χ1n) is 20.1. The zero-order chi connectivity index (χ0) is 34.1. The summed E-state index contributed by atoms with van der Waals surface area (Å²) in [6.45, 7) is 15.9. The molecule has 272 valence electrons. The summed E-state index contributed by atoms with van der Waals surface area (Å²) < 4.78 is 19.5. The molecule has 3 N–H and O–H groups in total. The van der Waals surface area contributed by atoms with Crippen LogP contribution in [0.25, 0.3) is 0 Å². The van der Waals surface area contributed by atoms with Gasteiger partial charge in [-0.05, 0) is 135 Å². The number of nitrogens with one attached hydrogen (secondary N) is 3. The van der Waals surface area contributed by atoms with Gasteiger partial charge in [-0.2, -0.15) is 0 Å². The molecule has 0 aromatic carbocycles. The fourth-order valence-electron chi connectivity index (χ4n) is 13.8. The minimum absolute atomic E-state index is 0.0291. The molecule has 0 aromatic heterocycles. The number of carbonyl (C=O) groups is 2. The van der Waals surface area contributed by atoms with E-state index in [0.29, 0.717) is 39.9 Å². The van der Waals surface area contributed by atoms with Gasteiger partial charge >= 0.3 is 12.2 Å². The summed E-state index contributed by atoms with van der Waals surface area (Å²) in [5.74, 6) is 3.37. The average molecular weight is 670 g/mol. The monoisotopic (exact) mass is 670 g/mol. The molecule has 0 radical (unpaired) electrons. The molecule has 10 atom stereocenters. The molecule has 2 aliphatic heterocycles. The molecule has 2 bridgehead atoms. The lowest BCUT2D eigenvalue weighted by Gasteiger charge is -2.70.